The monoisotopic (exact) mass is 597 g/mol. The molecule has 12 nitrogen and oxygen atoms in total. The number of carbonyl (C=O) groups is 1. The third-order valence-electron chi connectivity index (χ3n) is 5.45. The zero-order chi connectivity index (χ0) is 30.4. The van der Waals surface area contributed by atoms with Crippen LogP contribution >= 0.6 is 0 Å². The van der Waals surface area contributed by atoms with Gasteiger partial charge in [-0.25, -0.2) is 32.9 Å². The van der Waals surface area contributed by atoms with Crippen LogP contribution in [0.4, 0.5) is 29.3 Å². The van der Waals surface area contributed by atoms with Crippen LogP contribution < -0.4 is 24.8 Å². The van der Waals surface area contributed by atoms with E-state index in [1.54, 1.807) is 38.9 Å². The van der Waals surface area contributed by atoms with Crippen molar-refractivity contribution in [1.29, 1.82) is 0 Å². The number of hydrogen-bond acceptors (Lipinski definition) is 9. The minimum Gasteiger partial charge on any atom is -0.488 e. The molecule has 3 aromatic rings. The van der Waals surface area contributed by atoms with Crippen molar-refractivity contribution in [3.63, 3.8) is 0 Å². The molecule has 0 aliphatic carbocycles. The second-order valence-electron chi connectivity index (χ2n) is 8.88. The lowest BCUT2D eigenvalue weighted by Crippen LogP contribution is -2.31. The van der Waals surface area contributed by atoms with E-state index in [-0.39, 0.29) is 29.6 Å². The molecule has 41 heavy (non-hydrogen) atoms. The average Bonchev–Trinajstić information content (AvgIpc) is 2.89. The Kier molecular flexibility index (Phi) is 10.1. The lowest BCUT2D eigenvalue weighted by atomic mass is 10.2. The third-order valence-corrected chi connectivity index (χ3v) is 6.89. The van der Waals surface area contributed by atoms with Crippen LogP contribution in [-0.2, 0) is 16.2 Å². The molecule has 2 amide bonds. The highest BCUT2D eigenvalue weighted by Crippen LogP contribution is 2.33. The van der Waals surface area contributed by atoms with Gasteiger partial charge in [0, 0.05) is 30.5 Å². The summed E-state index contributed by atoms with van der Waals surface area (Å²) < 4.78 is 78.8. The van der Waals surface area contributed by atoms with E-state index in [9.17, 15) is 26.4 Å². The number of benzene rings is 1. The highest BCUT2D eigenvalue weighted by atomic mass is 32.2. The number of nitrogens with one attached hydrogen (secondary N) is 3. The van der Waals surface area contributed by atoms with Crippen molar-refractivity contribution >= 4 is 27.4 Å². The van der Waals surface area contributed by atoms with Crippen LogP contribution in [0.1, 0.15) is 18.2 Å². The Balaban J connectivity index is 1.81. The van der Waals surface area contributed by atoms with E-state index in [2.05, 4.69) is 30.3 Å². The molecule has 1 aromatic carbocycles. The van der Waals surface area contributed by atoms with E-state index in [0.717, 1.165) is 6.07 Å². The van der Waals surface area contributed by atoms with Crippen molar-refractivity contribution < 1.29 is 35.9 Å². The molecule has 0 aliphatic heterocycles. The molecule has 2 aromatic heterocycles. The van der Waals surface area contributed by atoms with Crippen LogP contribution in [0.5, 0.6) is 11.6 Å². The van der Waals surface area contributed by atoms with Gasteiger partial charge < -0.3 is 25.0 Å². The van der Waals surface area contributed by atoms with Gasteiger partial charge in [0.05, 0.1) is 41.8 Å². The van der Waals surface area contributed by atoms with Crippen LogP contribution in [-0.4, -0.2) is 75.2 Å². The maximum atomic E-state index is 13.5. The lowest BCUT2D eigenvalue weighted by Gasteiger charge is -2.15. The standard InChI is InChI=1S/C25H30F3N7O5S/c1-6-40-21-9-16(13-30-23(21)39-5)22-29-14-20(15(2)32-22)34-24(36)33-18-10-17(25(26,27)28)11-19(12-18)41(37,38)31-7-8-35(3)4/h9-14,31H,6-8H2,1-5H3,(H2,33,34,36). The first-order valence-corrected chi connectivity index (χ1v) is 13.7. The SMILES string of the molecule is CCOc1cc(-c2ncc(NC(=O)Nc3cc(C(F)(F)F)cc(S(=O)(=O)NCCN(C)C)c3)c(C)n2)cnc1OC. The largest absolute Gasteiger partial charge is 0.488 e. The number of hydrogen-bond donors (Lipinski definition) is 3. The van der Waals surface area contributed by atoms with Gasteiger partial charge in [-0.15, -0.1) is 0 Å². The minimum absolute atomic E-state index is 0.0242. The predicted octanol–water partition coefficient (Wildman–Crippen LogP) is 3.76. The van der Waals surface area contributed by atoms with Crippen molar-refractivity contribution in [2.45, 2.75) is 24.9 Å². The summed E-state index contributed by atoms with van der Waals surface area (Å²) in [5, 5.41) is 4.71. The van der Waals surface area contributed by atoms with Crippen LogP contribution in [0.2, 0.25) is 0 Å². The Morgan fingerprint density at radius 2 is 1.80 bits per heavy atom. The minimum atomic E-state index is -4.86. The van der Waals surface area contributed by atoms with Crippen molar-refractivity contribution in [3.05, 3.63) is 47.9 Å². The molecule has 16 heteroatoms. The molecular weight excluding hydrogens is 567 g/mol. The number of aryl methyl sites for hydroxylation is 1. The molecule has 0 spiro atoms. The number of amides is 2. The summed E-state index contributed by atoms with van der Waals surface area (Å²) >= 11 is 0. The van der Waals surface area contributed by atoms with E-state index in [4.69, 9.17) is 9.47 Å². The fraction of sp³-hybridized carbons (Fsp3) is 0.360. The van der Waals surface area contributed by atoms with E-state index in [1.807, 2.05) is 0 Å². The van der Waals surface area contributed by atoms with Gasteiger partial charge in [-0.1, -0.05) is 0 Å². The van der Waals surface area contributed by atoms with Crippen LogP contribution in [0.15, 0.2) is 41.6 Å². The molecule has 222 valence electrons. The number of pyridine rings is 1. The number of alkyl halides is 3. The second-order valence-corrected chi connectivity index (χ2v) is 10.6. The van der Waals surface area contributed by atoms with Gasteiger partial charge in [-0.05, 0) is 52.2 Å². The van der Waals surface area contributed by atoms with Gasteiger partial charge in [0.25, 0.3) is 5.88 Å². The Hall–Kier alpha value is -4.02. The molecule has 3 N–H and O–H groups in total. The van der Waals surface area contributed by atoms with Crippen LogP contribution in [0, 0.1) is 6.92 Å². The van der Waals surface area contributed by atoms with Gasteiger partial charge >= 0.3 is 12.2 Å². The summed E-state index contributed by atoms with van der Waals surface area (Å²) in [6.45, 7) is 4.08. The molecule has 0 atom stereocenters. The van der Waals surface area contributed by atoms with Gasteiger partial charge in [0.15, 0.2) is 11.6 Å². The van der Waals surface area contributed by atoms with Crippen LogP contribution in [0.3, 0.4) is 0 Å². The first kappa shape index (κ1) is 31.5. The Labute approximate surface area is 235 Å². The number of rotatable bonds is 11. The van der Waals surface area contributed by atoms with Gasteiger partial charge in [-0.3, -0.25) is 0 Å². The number of halogens is 3. The maximum absolute atomic E-state index is 13.5. The van der Waals surface area contributed by atoms with E-state index in [0.29, 0.717) is 42.3 Å². The molecular formula is C25H30F3N7O5S. The predicted molar refractivity (Wildman–Crippen MR) is 146 cm³/mol. The van der Waals surface area contributed by atoms with Crippen molar-refractivity contribution in [2.75, 3.05) is 51.5 Å². The Morgan fingerprint density at radius 1 is 1.07 bits per heavy atom. The lowest BCUT2D eigenvalue weighted by molar-refractivity contribution is -0.137. The summed E-state index contributed by atoms with van der Waals surface area (Å²) in [6.07, 6.45) is -2.05. The van der Waals surface area contributed by atoms with E-state index < -0.39 is 32.7 Å². The summed E-state index contributed by atoms with van der Waals surface area (Å²) in [6, 6.07) is 2.79. The van der Waals surface area contributed by atoms with Crippen molar-refractivity contribution in [1.82, 2.24) is 24.6 Å². The number of likely N-dealkylation sites (N-methyl/N-ethyl adjacent to an activating group) is 1. The smallest absolute Gasteiger partial charge is 0.416 e. The second kappa shape index (κ2) is 13.1. The fourth-order valence-corrected chi connectivity index (χ4v) is 4.55. The number of methoxy groups -OCH3 is 1. The highest BCUT2D eigenvalue weighted by Gasteiger charge is 2.33. The molecule has 2 heterocycles. The van der Waals surface area contributed by atoms with Crippen molar-refractivity contribution in [2.24, 2.45) is 0 Å². The summed E-state index contributed by atoms with van der Waals surface area (Å²) in [7, 11) is 0.595. The van der Waals surface area contributed by atoms with Crippen molar-refractivity contribution in [3.8, 4) is 23.0 Å². The molecule has 0 bridgehead atoms. The number of urea groups is 1. The van der Waals surface area contributed by atoms with E-state index in [1.165, 1.54) is 19.5 Å². The summed E-state index contributed by atoms with van der Waals surface area (Å²) in [5.74, 6) is 0.960. The zero-order valence-corrected chi connectivity index (χ0v) is 23.8. The fourth-order valence-electron chi connectivity index (χ4n) is 3.46. The van der Waals surface area contributed by atoms with Gasteiger partial charge in [0.2, 0.25) is 10.0 Å². The number of ether oxygens (including phenoxy) is 2. The van der Waals surface area contributed by atoms with Gasteiger partial charge in [-0.2, -0.15) is 13.2 Å². The molecule has 0 saturated carbocycles. The average molecular weight is 598 g/mol. The summed E-state index contributed by atoms with van der Waals surface area (Å²) in [4.78, 5) is 26.5. The van der Waals surface area contributed by atoms with E-state index >= 15 is 0 Å². The van der Waals surface area contributed by atoms with Crippen LogP contribution in [0.25, 0.3) is 11.4 Å². The molecule has 0 unspecified atom stereocenters. The normalized spacial score (nSPS) is 11.8. The number of sulfonamides is 1. The maximum Gasteiger partial charge on any atom is 0.416 e. The topological polar surface area (TPSA) is 148 Å². The highest BCUT2D eigenvalue weighted by molar-refractivity contribution is 7.89. The number of nitrogens with zero attached hydrogens (tertiary/aromatic N) is 4. The zero-order valence-electron chi connectivity index (χ0n) is 23.0. The third kappa shape index (κ3) is 8.48. The molecule has 3 rings (SSSR count). The number of carbonyl (C=O) groups excluding carboxylic acids is 1. The Bertz CT molecular complexity index is 1500. The first-order chi connectivity index (χ1) is 19.2. The molecule has 0 radical (unpaired) electrons. The summed E-state index contributed by atoms with van der Waals surface area (Å²) in [5.41, 5.74) is -0.593. The number of aromatic nitrogens is 3. The van der Waals surface area contributed by atoms with Gasteiger partial charge in [0.1, 0.15) is 0 Å². The quantitative estimate of drug-likeness (QED) is 0.301. The molecule has 0 aliphatic rings. The molecule has 0 fully saturated rings. The number of anilines is 2. The first-order valence-electron chi connectivity index (χ1n) is 12.2. The molecule has 0 saturated heterocycles. The Morgan fingerprint density at radius 3 is 2.41 bits per heavy atom.